The third-order valence-electron chi connectivity index (χ3n) is 6.19. The van der Waals surface area contributed by atoms with E-state index in [4.69, 9.17) is 25.8 Å². The Bertz CT molecular complexity index is 1310. The van der Waals surface area contributed by atoms with Gasteiger partial charge in [0.1, 0.15) is 0 Å². The normalized spacial score (nSPS) is 17.9. The molecule has 0 radical (unpaired) electrons. The van der Waals surface area contributed by atoms with Crippen LogP contribution in [0.25, 0.3) is 22.3 Å². The molecular weight excluding hydrogens is 472 g/mol. The van der Waals surface area contributed by atoms with Crippen molar-refractivity contribution in [2.75, 3.05) is 19.8 Å². The molecule has 0 amide bonds. The molecule has 2 aliphatic heterocycles. The zero-order valence-electron chi connectivity index (χ0n) is 18.6. The van der Waals surface area contributed by atoms with Crippen molar-refractivity contribution in [2.45, 2.75) is 42.8 Å². The fourth-order valence-corrected chi connectivity index (χ4v) is 5.69. The van der Waals surface area contributed by atoms with Crippen molar-refractivity contribution in [3.05, 3.63) is 53.2 Å². The van der Waals surface area contributed by atoms with Gasteiger partial charge in [0.2, 0.25) is 0 Å². The summed E-state index contributed by atoms with van der Waals surface area (Å²) in [4.78, 5) is 3.36. The molecule has 6 rings (SSSR count). The summed E-state index contributed by atoms with van der Waals surface area (Å²) in [6.45, 7) is 2.78. The van der Waals surface area contributed by atoms with E-state index in [1.807, 2.05) is 30.5 Å². The summed E-state index contributed by atoms with van der Waals surface area (Å²) >= 11 is 8.15. The first-order valence-corrected chi connectivity index (χ1v) is 12.9. The molecule has 1 saturated heterocycles. The Morgan fingerprint density at radius 2 is 2.00 bits per heavy atom. The number of fused-ring (bicyclic) bond motifs is 2. The summed E-state index contributed by atoms with van der Waals surface area (Å²) in [5.41, 5.74) is 3.19. The maximum Gasteiger partial charge on any atom is 0.191 e. The van der Waals surface area contributed by atoms with E-state index >= 15 is 0 Å². The minimum Gasteiger partial charge on any atom is -0.489 e. The second kappa shape index (κ2) is 9.52. The standard InChI is InChI=1S/C25H25ClN4O3S/c26-20-11-16(12-22-23(20)33-10-4-9-32-22)15-34-25-29-28-24(30(25)14-17-5-3-8-31-17)19-13-27-21-7-2-1-6-18(19)21/h1-2,6-7,11-13,17,27H,3-5,8-10,14-15H2. The van der Waals surface area contributed by atoms with Crippen molar-refractivity contribution < 1.29 is 14.2 Å². The first-order chi connectivity index (χ1) is 16.8. The van der Waals surface area contributed by atoms with Crippen molar-refractivity contribution >= 4 is 34.3 Å². The van der Waals surface area contributed by atoms with Crippen LogP contribution in [0.1, 0.15) is 24.8 Å². The lowest BCUT2D eigenvalue weighted by atomic mass is 10.1. The molecule has 176 valence electrons. The number of hydrogen-bond acceptors (Lipinski definition) is 6. The topological polar surface area (TPSA) is 74.2 Å². The quantitative estimate of drug-likeness (QED) is 0.344. The SMILES string of the molecule is Clc1cc(CSc2nnc(-c3c[nH]c4ccccc34)n2CC2CCCO2)cc2c1OCCCO2. The highest BCUT2D eigenvalue weighted by Crippen LogP contribution is 2.39. The maximum absolute atomic E-state index is 6.51. The Morgan fingerprint density at radius 1 is 1.09 bits per heavy atom. The largest absolute Gasteiger partial charge is 0.489 e. The summed E-state index contributed by atoms with van der Waals surface area (Å²) < 4.78 is 19.8. The molecular formula is C25H25ClN4O3S. The lowest BCUT2D eigenvalue weighted by Crippen LogP contribution is -2.16. The van der Waals surface area contributed by atoms with E-state index in [1.165, 1.54) is 0 Å². The smallest absolute Gasteiger partial charge is 0.191 e. The Morgan fingerprint density at radius 3 is 2.91 bits per heavy atom. The number of H-pyrrole nitrogens is 1. The van der Waals surface area contributed by atoms with Gasteiger partial charge in [-0.15, -0.1) is 10.2 Å². The van der Waals surface area contributed by atoms with Crippen LogP contribution >= 0.6 is 23.4 Å². The lowest BCUT2D eigenvalue weighted by molar-refractivity contribution is 0.0953. The second-order valence-corrected chi connectivity index (χ2v) is 9.89. The molecule has 1 fully saturated rings. The third-order valence-corrected chi connectivity index (χ3v) is 7.51. The number of nitrogens with zero attached hydrogens (tertiary/aromatic N) is 3. The Kier molecular flexibility index (Phi) is 6.11. The highest BCUT2D eigenvalue weighted by molar-refractivity contribution is 7.98. The molecule has 4 heterocycles. The highest BCUT2D eigenvalue weighted by atomic mass is 35.5. The van der Waals surface area contributed by atoms with Gasteiger partial charge >= 0.3 is 0 Å². The molecule has 7 nitrogen and oxygen atoms in total. The molecule has 4 aromatic rings. The fourth-order valence-electron chi connectivity index (χ4n) is 4.52. The summed E-state index contributed by atoms with van der Waals surface area (Å²) in [7, 11) is 0. The fraction of sp³-hybridized carbons (Fsp3) is 0.360. The van der Waals surface area contributed by atoms with Crippen LogP contribution < -0.4 is 9.47 Å². The second-order valence-electron chi connectivity index (χ2n) is 8.54. The molecule has 2 aromatic heterocycles. The molecule has 2 aliphatic rings. The number of ether oxygens (including phenoxy) is 3. The van der Waals surface area contributed by atoms with Crippen LogP contribution in [0.2, 0.25) is 5.02 Å². The van der Waals surface area contributed by atoms with Crippen molar-refractivity contribution in [1.82, 2.24) is 19.7 Å². The molecule has 34 heavy (non-hydrogen) atoms. The highest BCUT2D eigenvalue weighted by Gasteiger charge is 2.23. The minimum atomic E-state index is 0.173. The summed E-state index contributed by atoms with van der Waals surface area (Å²) in [5.74, 6) is 2.89. The predicted molar refractivity (Wildman–Crippen MR) is 133 cm³/mol. The van der Waals surface area contributed by atoms with E-state index < -0.39 is 0 Å². The molecule has 1 unspecified atom stereocenters. The van der Waals surface area contributed by atoms with Gasteiger partial charge in [-0.3, -0.25) is 4.57 Å². The van der Waals surface area contributed by atoms with Gasteiger partial charge in [-0.05, 0) is 36.6 Å². The van der Waals surface area contributed by atoms with Gasteiger partial charge in [0, 0.05) is 41.4 Å². The van der Waals surface area contributed by atoms with Gasteiger partial charge in [0.05, 0.1) is 30.9 Å². The van der Waals surface area contributed by atoms with E-state index in [9.17, 15) is 0 Å². The van der Waals surface area contributed by atoms with Gasteiger partial charge in [-0.1, -0.05) is 41.6 Å². The van der Waals surface area contributed by atoms with Crippen LogP contribution in [0.4, 0.5) is 0 Å². The molecule has 0 spiro atoms. The van der Waals surface area contributed by atoms with Gasteiger partial charge in [-0.25, -0.2) is 0 Å². The first kappa shape index (κ1) is 21.8. The number of rotatable bonds is 6. The van der Waals surface area contributed by atoms with E-state index in [-0.39, 0.29) is 6.10 Å². The van der Waals surface area contributed by atoms with Crippen LogP contribution in [0, 0.1) is 0 Å². The summed E-state index contributed by atoms with van der Waals surface area (Å²) in [5, 5.41) is 11.8. The van der Waals surface area contributed by atoms with Gasteiger partial charge < -0.3 is 19.2 Å². The number of hydrogen-bond donors (Lipinski definition) is 1. The molecule has 1 N–H and O–H groups in total. The Balaban J connectivity index is 1.31. The predicted octanol–water partition coefficient (Wildman–Crippen LogP) is 5.71. The molecule has 0 aliphatic carbocycles. The monoisotopic (exact) mass is 496 g/mol. The average Bonchev–Trinajstić information content (AvgIpc) is 3.56. The van der Waals surface area contributed by atoms with Crippen molar-refractivity contribution in [3.8, 4) is 22.9 Å². The first-order valence-electron chi connectivity index (χ1n) is 11.6. The molecule has 1 atom stereocenters. The van der Waals surface area contributed by atoms with Crippen molar-refractivity contribution in [2.24, 2.45) is 0 Å². The maximum atomic E-state index is 6.51. The summed E-state index contributed by atoms with van der Waals surface area (Å²) in [6, 6.07) is 12.2. The van der Waals surface area contributed by atoms with Crippen LogP contribution in [-0.4, -0.2) is 45.7 Å². The Labute approximate surface area is 206 Å². The van der Waals surface area contributed by atoms with E-state index in [2.05, 4.69) is 31.9 Å². The number of aromatic amines is 1. The van der Waals surface area contributed by atoms with Crippen LogP contribution in [0.15, 0.2) is 47.8 Å². The van der Waals surface area contributed by atoms with Crippen molar-refractivity contribution in [1.29, 1.82) is 0 Å². The number of benzene rings is 2. The number of para-hydroxylation sites is 1. The minimum absolute atomic E-state index is 0.173. The third kappa shape index (κ3) is 4.26. The zero-order valence-corrected chi connectivity index (χ0v) is 20.2. The number of thioether (sulfide) groups is 1. The molecule has 2 aromatic carbocycles. The van der Waals surface area contributed by atoms with Crippen molar-refractivity contribution in [3.63, 3.8) is 0 Å². The molecule has 0 bridgehead atoms. The Hall–Kier alpha value is -2.68. The number of halogens is 1. The van der Waals surface area contributed by atoms with E-state index in [0.29, 0.717) is 35.5 Å². The van der Waals surface area contributed by atoms with Crippen LogP contribution in [-0.2, 0) is 17.0 Å². The van der Waals surface area contributed by atoms with Gasteiger partial charge in [0.15, 0.2) is 22.5 Å². The van der Waals surface area contributed by atoms with E-state index in [0.717, 1.165) is 65.4 Å². The number of nitrogens with one attached hydrogen (secondary N) is 1. The molecule has 9 heteroatoms. The van der Waals surface area contributed by atoms with Crippen LogP contribution in [0.3, 0.4) is 0 Å². The number of aromatic nitrogens is 4. The van der Waals surface area contributed by atoms with Crippen LogP contribution in [0.5, 0.6) is 11.5 Å². The summed E-state index contributed by atoms with van der Waals surface area (Å²) in [6.07, 6.45) is 5.17. The molecule has 0 saturated carbocycles. The van der Waals surface area contributed by atoms with Gasteiger partial charge in [0.25, 0.3) is 0 Å². The average molecular weight is 497 g/mol. The van der Waals surface area contributed by atoms with E-state index in [1.54, 1.807) is 11.8 Å². The zero-order chi connectivity index (χ0) is 22.9. The van der Waals surface area contributed by atoms with Gasteiger partial charge in [-0.2, -0.15) is 0 Å². The lowest BCUT2D eigenvalue weighted by Gasteiger charge is -2.15.